The van der Waals surface area contributed by atoms with Gasteiger partial charge in [0.25, 0.3) is 0 Å². The van der Waals surface area contributed by atoms with Crippen LogP contribution in [-0.2, 0) is 0 Å². The fourth-order valence-corrected chi connectivity index (χ4v) is 3.27. The minimum atomic E-state index is 0.843. The summed E-state index contributed by atoms with van der Waals surface area (Å²) in [6, 6.07) is 11.4. The van der Waals surface area contributed by atoms with Gasteiger partial charge < -0.3 is 9.64 Å². The van der Waals surface area contributed by atoms with E-state index in [-0.39, 0.29) is 0 Å². The molecule has 0 unspecified atom stereocenters. The van der Waals surface area contributed by atoms with Crippen molar-refractivity contribution in [3.05, 3.63) is 43.1 Å². The number of nitrogens with zero attached hydrogens (tertiary/aromatic N) is 3. The van der Waals surface area contributed by atoms with Crippen LogP contribution in [0.4, 0.5) is 5.82 Å². The van der Waals surface area contributed by atoms with Crippen LogP contribution in [0.1, 0.15) is 19.3 Å². The molecule has 2 radical (unpaired) electrons. The number of benzene rings is 2. The van der Waals surface area contributed by atoms with Gasteiger partial charge in [-0.05, 0) is 66.8 Å². The van der Waals surface area contributed by atoms with Gasteiger partial charge in [0.05, 0.1) is 18.0 Å². The van der Waals surface area contributed by atoms with Crippen LogP contribution in [0.2, 0.25) is 0 Å². The van der Waals surface area contributed by atoms with Crippen molar-refractivity contribution in [2.24, 2.45) is 0 Å². The van der Waals surface area contributed by atoms with E-state index >= 15 is 0 Å². The van der Waals surface area contributed by atoms with Crippen molar-refractivity contribution in [1.82, 2.24) is 9.97 Å². The third-order valence-electron chi connectivity index (χ3n) is 4.46. The zero-order valence-electron chi connectivity index (χ0n) is 13.2. The number of fused-ring (bicyclic) bond motifs is 3. The second-order valence-electron chi connectivity index (χ2n) is 5.86. The average molecular weight is 305 g/mol. The van der Waals surface area contributed by atoms with Crippen LogP contribution in [0.3, 0.4) is 0 Å². The van der Waals surface area contributed by atoms with E-state index < -0.39 is 0 Å². The van der Waals surface area contributed by atoms with Crippen molar-refractivity contribution in [1.29, 1.82) is 0 Å². The van der Waals surface area contributed by atoms with Gasteiger partial charge in [-0.2, -0.15) is 0 Å². The molecule has 0 bridgehead atoms. The molecule has 0 amide bonds. The summed E-state index contributed by atoms with van der Waals surface area (Å²) in [5.74, 6) is 1.88. The van der Waals surface area contributed by atoms with Gasteiger partial charge in [-0.1, -0.05) is 0 Å². The van der Waals surface area contributed by atoms with Crippen molar-refractivity contribution < 1.29 is 4.74 Å². The Kier molecular flexibility index (Phi) is 3.74. The van der Waals surface area contributed by atoms with E-state index in [1.807, 2.05) is 18.2 Å². The minimum absolute atomic E-state index is 0.843. The van der Waals surface area contributed by atoms with Gasteiger partial charge in [0.2, 0.25) is 0 Å². The molecule has 116 valence electrons. The van der Waals surface area contributed by atoms with Gasteiger partial charge >= 0.3 is 0 Å². The van der Waals surface area contributed by atoms with E-state index in [4.69, 9.17) is 4.74 Å². The van der Waals surface area contributed by atoms with Crippen LogP contribution in [0.5, 0.6) is 5.75 Å². The zero-order chi connectivity index (χ0) is 15.6. The Balaban J connectivity index is 1.94. The van der Waals surface area contributed by atoms with Gasteiger partial charge in [0.1, 0.15) is 17.9 Å². The average Bonchev–Trinajstić information content (AvgIpc) is 2.89. The Labute approximate surface area is 136 Å². The second kappa shape index (κ2) is 6.03. The number of ether oxygens (including phenoxy) is 1. The fraction of sp³-hybridized carbons (Fsp3) is 0.316. The number of methoxy groups -OCH3 is 1. The minimum Gasteiger partial charge on any atom is -0.497 e. The van der Waals surface area contributed by atoms with Gasteiger partial charge in [0, 0.05) is 13.1 Å². The van der Waals surface area contributed by atoms with E-state index in [2.05, 4.69) is 33.4 Å². The summed E-state index contributed by atoms with van der Waals surface area (Å²) < 4.78 is 5.33. The predicted octanol–water partition coefficient (Wildman–Crippen LogP) is 3.79. The normalized spacial score (nSPS) is 15.8. The molecule has 0 aliphatic carbocycles. The highest BCUT2D eigenvalue weighted by molar-refractivity contribution is 6.11. The maximum Gasteiger partial charge on any atom is 0.140 e. The van der Waals surface area contributed by atoms with E-state index in [9.17, 15) is 0 Å². The highest BCUT2D eigenvalue weighted by Gasteiger charge is 2.16. The van der Waals surface area contributed by atoms with Crippen LogP contribution >= 0.6 is 0 Å². The van der Waals surface area contributed by atoms with Gasteiger partial charge in [-0.15, -0.1) is 0 Å². The quantitative estimate of drug-likeness (QED) is 0.675. The molecule has 0 spiro atoms. The van der Waals surface area contributed by atoms with Crippen molar-refractivity contribution in [3.63, 3.8) is 0 Å². The van der Waals surface area contributed by atoms with Gasteiger partial charge in [0.15, 0.2) is 0 Å². The number of hydrogen-bond donors (Lipinski definition) is 0. The lowest BCUT2D eigenvalue weighted by Crippen LogP contribution is -2.25. The number of anilines is 1. The second-order valence-corrected chi connectivity index (χ2v) is 5.86. The largest absolute Gasteiger partial charge is 0.497 e. The highest BCUT2D eigenvalue weighted by Crippen LogP contribution is 2.33. The molecule has 0 atom stereocenters. The zero-order valence-corrected chi connectivity index (χ0v) is 13.2. The SMILES string of the molecule is COc1ccc2c([c]cc3ncnc(N4CC[CH]CCC4)c32)c1. The molecule has 0 saturated carbocycles. The lowest BCUT2D eigenvalue weighted by molar-refractivity contribution is 0.415. The maximum atomic E-state index is 5.33. The molecule has 4 rings (SSSR count). The standard InChI is InChI=1S/C19H19N3O/c1-23-15-7-8-16-14(12-15)6-9-17-18(16)19(21-13-20-17)22-10-4-2-3-5-11-22/h2,7-9,12-13H,3-5,10-11H2,1H3. The molecule has 1 fully saturated rings. The van der Waals surface area contributed by atoms with E-state index in [1.165, 1.54) is 12.8 Å². The van der Waals surface area contributed by atoms with Crippen molar-refractivity contribution in [2.75, 3.05) is 25.1 Å². The van der Waals surface area contributed by atoms with Crippen molar-refractivity contribution >= 4 is 27.5 Å². The molecule has 1 aromatic heterocycles. The molecule has 23 heavy (non-hydrogen) atoms. The lowest BCUT2D eigenvalue weighted by Gasteiger charge is -2.23. The third kappa shape index (κ3) is 2.58. The molecule has 2 heterocycles. The number of hydrogen-bond acceptors (Lipinski definition) is 4. The predicted molar refractivity (Wildman–Crippen MR) is 92.8 cm³/mol. The molecular formula is C19H19N3O. The van der Waals surface area contributed by atoms with Crippen LogP contribution < -0.4 is 9.64 Å². The Bertz CT molecular complexity index is 839. The topological polar surface area (TPSA) is 38.3 Å². The summed E-state index contributed by atoms with van der Waals surface area (Å²) in [4.78, 5) is 11.5. The first-order valence-electron chi connectivity index (χ1n) is 8.06. The summed E-state index contributed by atoms with van der Waals surface area (Å²) in [5, 5.41) is 3.28. The van der Waals surface area contributed by atoms with Gasteiger partial charge in [-0.3, -0.25) is 0 Å². The summed E-state index contributed by atoms with van der Waals surface area (Å²) in [7, 11) is 1.69. The summed E-state index contributed by atoms with van der Waals surface area (Å²) >= 11 is 0. The molecule has 4 heteroatoms. The first-order valence-corrected chi connectivity index (χ1v) is 8.06. The summed E-state index contributed by atoms with van der Waals surface area (Å²) in [6.07, 6.45) is 7.51. The smallest absolute Gasteiger partial charge is 0.140 e. The first-order chi connectivity index (χ1) is 11.4. The van der Waals surface area contributed by atoms with Crippen LogP contribution in [0.15, 0.2) is 30.6 Å². The third-order valence-corrected chi connectivity index (χ3v) is 4.46. The molecule has 1 saturated heterocycles. The molecule has 3 aromatic rings. The Morgan fingerprint density at radius 1 is 1.17 bits per heavy atom. The molecule has 0 N–H and O–H groups in total. The van der Waals surface area contributed by atoms with E-state index in [1.54, 1.807) is 13.4 Å². The monoisotopic (exact) mass is 305 g/mol. The van der Waals surface area contributed by atoms with Crippen LogP contribution in [0.25, 0.3) is 21.7 Å². The molecular weight excluding hydrogens is 286 g/mol. The van der Waals surface area contributed by atoms with Crippen LogP contribution in [-0.4, -0.2) is 30.2 Å². The molecule has 4 nitrogen and oxygen atoms in total. The summed E-state index contributed by atoms with van der Waals surface area (Å²) in [5.41, 5.74) is 0.945. The van der Waals surface area contributed by atoms with Crippen molar-refractivity contribution in [2.45, 2.75) is 19.3 Å². The Morgan fingerprint density at radius 2 is 2.13 bits per heavy atom. The van der Waals surface area contributed by atoms with E-state index in [0.717, 1.165) is 52.8 Å². The lowest BCUT2D eigenvalue weighted by atomic mass is 10.0. The maximum absolute atomic E-state index is 5.33. The van der Waals surface area contributed by atoms with Gasteiger partial charge in [-0.25, -0.2) is 9.97 Å². The molecule has 1 aliphatic rings. The molecule has 1 aliphatic heterocycles. The number of aromatic nitrogens is 2. The van der Waals surface area contributed by atoms with Crippen LogP contribution in [0, 0.1) is 12.5 Å². The Hall–Kier alpha value is -2.36. The highest BCUT2D eigenvalue weighted by atomic mass is 16.5. The van der Waals surface area contributed by atoms with E-state index in [0.29, 0.717) is 0 Å². The first kappa shape index (κ1) is 14.2. The molecule has 2 aromatic carbocycles. The number of rotatable bonds is 2. The van der Waals surface area contributed by atoms with Crippen molar-refractivity contribution in [3.8, 4) is 5.75 Å². The fourth-order valence-electron chi connectivity index (χ4n) is 3.27. The Morgan fingerprint density at radius 3 is 3.04 bits per heavy atom. The summed E-state index contributed by atoms with van der Waals surface area (Å²) in [6.45, 7) is 2.06.